The topological polar surface area (TPSA) is 72.3 Å². The fourth-order valence-corrected chi connectivity index (χ4v) is 3.46. The molecule has 1 aliphatic rings. The summed E-state index contributed by atoms with van der Waals surface area (Å²) < 4.78 is 7.42. The highest BCUT2D eigenvalue weighted by Gasteiger charge is 2.23. The SMILES string of the molecule is CC(C)(C)n1c(NC(=O)c2ccc(N3CCOCC3)nc2)nc2ccccc21. The number of para-hydroxylation sites is 2. The predicted octanol–water partition coefficient (Wildman–Crippen LogP) is 3.28. The van der Waals surface area contributed by atoms with Gasteiger partial charge < -0.3 is 14.2 Å². The van der Waals surface area contributed by atoms with Gasteiger partial charge >= 0.3 is 0 Å². The van der Waals surface area contributed by atoms with E-state index in [4.69, 9.17) is 4.74 Å². The lowest BCUT2D eigenvalue weighted by atomic mass is 10.1. The van der Waals surface area contributed by atoms with Crippen LogP contribution in [0.1, 0.15) is 31.1 Å². The molecule has 0 atom stereocenters. The summed E-state index contributed by atoms with van der Waals surface area (Å²) in [4.78, 5) is 24.1. The number of carbonyl (C=O) groups is 1. The molecular formula is C21H25N5O2. The largest absolute Gasteiger partial charge is 0.378 e. The van der Waals surface area contributed by atoms with Crippen molar-refractivity contribution in [3.05, 3.63) is 48.2 Å². The van der Waals surface area contributed by atoms with E-state index in [1.54, 1.807) is 12.3 Å². The number of ether oxygens (including phenoxy) is 1. The Bertz CT molecular complexity index is 982. The minimum absolute atomic E-state index is 0.221. The summed E-state index contributed by atoms with van der Waals surface area (Å²) in [6.45, 7) is 9.31. The number of anilines is 2. The Labute approximate surface area is 164 Å². The first-order chi connectivity index (χ1) is 13.4. The fourth-order valence-electron chi connectivity index (χ4n) is 3.46. The number of hydrogen-bond donors (Lipinski definition) is 1. The molecule has 2 aromatic heterocycles. The van der Waals surface area contributed by atoms with Gasteiger partial charge in [0.25, 0.3) is 5.91 Å². The Morgan fingerprint density at radius 1 is 1.11 bits per heavy atom. The van der Waals surface area contributed by atoms with Gasteiger partial charge in [0.15, 0.2) is 0 Å². The summed E-state index contributed by atoms with van der Waals surface area (Å²) in [6.07, 6.45) is 1.62. The first-order valence-corrected chi connectivity index (χ1v) is 9.51. The Kier molecular flexibility index (Phi) is 4.77. The van der Waals surface area contributed by atoms with Crippen molar-refractivity contribution in [1.29, 1.82) is 0 Å². The minimum Gasteiger partial charge on any atom is -0.378 e. The van der Waals surface area contributed by atoms with Crippen LogP contribution in [-0.2, 0) is 10.3 Å². The molecule has 1 saturated heterocycles. The van der Waals surface area contributed by atoms with Gasteiger partial charge in [0.1, 0.15) is 5.82 Å². The number of amides is 1. The molecular weight excluding hydrogens is 354 g/mol. The number of fused-ring (bicyclic) bond motifs is 1. The molecule has 0 saturated carbocycles. The number of imidazole rings is 1. The monoisotopic (exact) mass is 379 g/mol. The fraction of sp³-hybridized carbons (Fsp3) is 0.381. The molecule has 1 N–H and O–H groups in total. The lowest BCUT2D eigenvalue weighted by molar-refractivity contribution is 0.102. The van der Waals surface area contributed by atoms with E-state index >= 15 is 0 Å². The van der Waals surface area contributed by atoms with Crippen LogP contribution in [0, 0.1) is 0 Å². The maximum Gasteiger partial charge on any atom is 0.259 e. The summed E-state index contributed by atoms with van der Waals surface area (Å²) in [5.41, 5.74) is 2.13. The molecule has 4 rings (SSSR count). The van der Waals surface area contributed by atoms with Crippen LogP contribution in [0.25, 0.3) is 11.0 Å². The van der Waals surface area contributed by atoms with E-state index in [0.717, 1.165) is 29.9 Å². The summed E-state index contributed by atoms with van der Waals surface area (Å²) in [5.74, 6) is 1.18. The van der Waals surface area contributed by atoms with Gasteiger partial charge in [-0.15, -0.1) is 0 Å². The van der Waals surface area contributed by atoms with Crippen LogP contribution in [0.3, 0.4) is 0 Å². The number of benzene rings is 1. The zero-order valence-electron chi connectivity index (χ0n) is 16.5. The van der Waals surface area contributed by atoms with Gasteiger partial charge in [-0.05, 0) is 45.0 Å². The lowest BCUT2D eigenvalue weighted by Gasteiger charge is -2.27. The van der Waals surface area contributed by atoms with Gasteiger partial charge in [-0.3, -0.25) is 10.1 Å². The van der Waals surface area contributed by atoms with Gasteiger partial charge in [-0.1, -0.05) is 12.1 Å². The average Bonchev–Trinajstić information content (AvgIpc) is 3.07. The third-order valence-corrected chi connectivity index (χ3v) is 4.80. The van der Waals surface area contributed by atoms with Gasteiger partial charge in [0, 0.05) is 24.8 Å². The van der Waals surface area contributed by atoms with Crippen LogP contribution >= 0.6 is 0 Å². The second-order valence-electron chi connectivity index (χ2n) is 7.89. The van der Waals surface area contributed by atoms with Crippen molar-refractivity contribution < 1.29 is 9.53 Å². The van der Waals surface area contributed by atoms with E-state index in [2.05, 4.69) is 45.5 Å². The molecule has 3 heterocycles. The van der Waals surface area contributed by atoms with Gasteiger partial charge in [0.05, 0.1) is 29.8 Å². The zero-order valence-corrected chi connectivity index (χ0v) is 16.5. The van der Waals surface area contributed by atoms with Crippen LogP contribution in [0.5, 0.6) is 0 Å². The van der Waals surface area contributed by atoms with E-state index < -0.39 is 0 Å². The van der Waals surface area contributed by atoms with E-state index in [1.165, 1.54) is 0 Å². The van der Waals surface area contributed by atoms with E-state index in [9.17, 15) is 4.79 Å². The smallest absolute Gasteiger partial charge is 0.259 e. The Hall–Kier alpha value is -2.93. The summed E-state index contributed by atoms with van der Waals surface area (Å²) in [5, 5.41) is 2.96. The van der Waals surface area contributed by atoms with Crippen molar-refractivity contribution >= 4 is 28.7 Å². The summed E-state index contributed by atoms with van der Waals surface area (Å²) in [7, 11) is 0. The third kappa shape index (κ3) is 3.57. The number of nitrogens with zero attached hydrogens (tertiary/aromatic N) is 4. The average molecular weight is 379 g/mol. The Balaban J connectivity index is 1.58. The van der Waals surface area contributed by atoms with Crippen molar-refractivity contribution in [3.8, 4) is 0 Å². The van der Waals surface area contributed by atoms with E-state index in [0.29, 0.717) is 24.7 Å². The number of morpholine rings is 1. The van der Waals surface area contributed by atoms with Crippen LogP contribution < -0.4 is 10.2 Å². The zero-order chi connectivity index (χ0) is 19.7. The van der Waals surface area contributed by atoms with Gasteiger partial charge in [-0.25, -0.2) is 9.97 Å². The van der Waals surface area contributed by atoms with Crippen LogP contribution in [0.15, 0.2) is 42.6 Å². The highest BCUT2D eigenvalue weighted by Crippen LogP contribution is 2.28. The van der Waals surface area contributed by atoms with Crippen molar-refractivity contribution in [2.24, 2.45) is 0 Å². The molecule has 3 aromatic rings. The number of nitrogens with one attached hydrogen (secondary N) is 1. The van der Waals surface area contributed by atoms with Crippen LogP contribution in [0.2, 0.25) is 0 Å². The van der Waals surface area contributed by atoms with Crippen LogP contribution in [-0.4, -0.2) is 46.7 Å². The molecule has 28 heavy (non-hydrogen) atoms. The number of hydrogen-bond acceptors (Lipinski definition) is 5. The van der Waals surface area contributed by atoms with Crippen molar-refractivity contribution in [1.82, 2.24) is 14.5 Å². The first-order valence-electron chi connectivity index (χ1n) is 9.51. The second-order valence-corrected chi connectivity index (χ2v) is 7.89. The predicted molar refractivity (Wildman–Crippen MR) is 110 cm³/mol. The first kappa shape index (κ1) is 18.4. The van der Waals surface area contributed by atoms with Crippen molar-refractivity contribution in [2.45, 2.75) is 26.3 Å². The minimum atomic E-state index is -0.225. The summed E-state index contributed by atoms with van der Waals surface area (Å²) in [6, 6.07) is 11.6. The number of rotatable bonds is 3. The van der Waals surface area contributed by atoms with Crippen molar-refractivity contribution in [3.63, 3.8) is 0 Å². The molecule has 146 valence electrons. The van der Waals surface area contributed by atoms with Gasteiger partial charge in [-0.2, -0.15) is 0 Å². The normalized spacial score (nSPS) is 15.0. The highest BCUT2D eigenvalue weighted by molar-refractivity contribution is 6.04. The van der Waals surface area contributed by atoms with Crippen molar-refractivity contribution in [2.75, 3.05) is 36.5 Å². The molecule has 7 nitrogen and oxygen atoms in total. The lowest BCUT2D eigenvalue weighted by Crippen LogP contribution is -2.36. The molecule has 0 radical (unpaired) electrons. The molecule has 1 aromatic carbocycles. The highest BCUT2D eigenvalue weighted by atomic mass is 16.5. The third-order valence-electron chi connectivity index (χ3n) is 4.80. The maximum absolute atomic E-state index is 12.8. The van der Waals surface area contributed by atoms with Gasteiger partial charge in [0.2, 0.25) is 5.95 Å². The molecule has 0 spiro atoms. The number of aromatic nitrogens is 3. The second kappa shape index (κ2) is 7.24. The molecule has 7 heteroatoms. The summed E-state index contributed by atoms with van der Waals surface area (Å²) >= 11 is 0. The molecule has 0 aliphatic carbocycles. The molecule has 0 bridgehead atoms. The number of pyridine rings is 1. The molecule has 1 fully saturated rings. The Morgan fingerprint density at radius 3 is 2.54 bits per heavy atom. The quantitative estimate of drug-likeness (QED) is 0.756. The number of carbonyl (C=O) groups excluding carboxylic acids is 1. The molecule has 1 amide bonds. The maximum atomic E-state index is 12.8. The van der Waals surface area contributed by atoms with E-state index in [-0.39, 0.29) is 11.4 Å². The standard InChI is InChI=1S/C21H25N5O2/c1-21(2,3)26-17-7-5-4-6-16(17)23-20(26)24-19(27)15-8-9-18(22-14-15)25-10-12-28-13-11-25/h4-9,14H,10-13H2,1-3H3,(H,23,24,27). The Morgan fingerprint density at radius 2 is 1.86 bits per heavy atom. The molecule has 0 unspecified atom stereocenters. The molecule has 1 aliphatic heterocycles. The van der Waals surface area contributed by atoms with Crippen LogP contribution in [0.4, 0.5) is 11.8 Å². The van der Waals surface area contributed by atoms with E-state index in [1.807, 2.05) is 30.3 Å².